The highest BCUT2D eigenvalue weighted by atomic mass is 16.2. The maximum Gasteiger partial charge on any atom is 0.322 e. The monoisotopic (exact) mass is 367 g/mol. The zero-order valence-corrected chi connectivity index (χ0v) is 15.1. The number of amides is 4. The molecule has 2 fully saturated rings. The first-order valence-electron chi connectivity index (χ1n) is 9.18. The number of para-hydroxylation sites is 1. The molecule has 3 heterocycles. The Morgan fingerprint density at radius 3 is 2.63 bits per heavy atom. The number of hydrogen-bond acceptors (Lipinski definition) is 5. The maximum absolute atomic E-state index is 13.0. The van der Waals surface area contributed by atoms with Crippen LogP contribution in [0.2, 0.25) is 0 Å². The SMILES string of the molecule is CC[C@@]1(C2CCN(C(=O)c3cccc4nccnc34)CC2)NC(=O)NC1=O. The Morgan fingerprint density at radius 2 is 1.96 bits per heavy atom. The number of fused-ring (bicyclic) bond motifs is 1. The number of nitrogens with zero attached hydrogens (tertiary/aromatic N) is 3. The van der Waals surface area contributed by atoms with Crippen LogP contribution < -0.4 is 10.6 Å². The molecule has 140 valence electrons. The molecule has 0 aliphatic carbocycles. The van der Waals surface area contributed by atoms with Gasteiger partial charge in [0.25, 0.3) is 11.8 Å². The van der Waals surface area contributed by atoms with Crippen molar-refractivity contribution >= 4 is 28.9 Å². The number of benzene rings is 1. The average Bonchev–Trinajstić information content (AvgIpc) is 3.01. The summed E-state index contributed by atoms with van der Waals surface area (Å²) in [5.41, 5.74) is 0.959. The lowest BCUT2D eigenvalue weighted by molar-refractivity contribution is -0.126. The highest BCUT2D eigenvalue weighted by Gasteiger charge is 2.51. The fourth-order valence-corrected chi connectivity index (χ4v) is 4.24. The molecule has 0 saturated carbocycles. The zero-order valence-electron chi connectivity index (χ0n) is 15.1. The fraction of sp³-hybridized carbons (Fsp3) is 0.421. The van der Waals surface area contributed by atoms with Gasteiger partial charge in [0, 0.05) is 25.5 Å². The maximum atomic E-state index is 13.0. The molecule has 8 nitrogen and oxygen atoms in total. The minimum atomic E-state index is -0.864. The summed E-state index contributed by atoms with van der Waals surface area (Å²) < 4.78 is 0. The Hall–Kier alpha value is -3.03. The number of likely N-dealkylation sites (tertiary alicyclic amines) is 1. The Balaban J connectivity index is 1.51. The van der Waals surface area contributed by atoms with Crippen LogP contribution in [0, 0.1) is 5.92 Å². The third-order valence-electron chi connectivity index (χ3n) is 5.73. The quantitative estimate of drug-likeness (QED) is 0.800. The summed E-state index contributed by atoms with van der Waals surface area (Å²) in [6.45, 7) is 2.97. The number of nitrogens with one attached hydrogen (secondary N) is 2. The lowest BCUT2D eigenvalue weighted by atomic mass is 9.76. The molecule has 0 spiro atoms. The summed E-state index contributed by atoms with van der Waals surface area (Å²) in [6, 6.07) is 4.97. The molecule has 4 rings (SSSR count). The van der Waals surface area contributed by atoms with Crippen LogP contribution in [0.5, 0.6) is 0 Å². The van der Waals surface area contributed by atoms with Gasteiger partial charge in [0.05, 0.1) is 11.1 Å². The molecule has 27 heavy (non-hydrogen) atoms. The van der Waals surface area contributed by atoms with Gasteiger partial charge in [0.15, 0.2) is 0 Å². The van der Waals surface area contributed by atoms with E-state index in [1.165, 1.54) is 0 Å². The van der Waals surface area contributed by atoms with E-state index < -0.39 is 11.6 Å². The zero-order chi connectivity index (χ0) is 19.0. The summed E-state index contributed by atoms with van der Waals surface area (Å²) in [4.78, 5) is 47.3. The van der Waals surface area contributed by atoms with E-state index in [2.05, 4.69) is 20.6 Å². The van der Waals surface area contributed by atoms with Gasteiger partial charge in [-0.3, -0.25) is 24.9 Å². The van der Waals surface area contributed by atoms with Crippen LogP contribution in [-0.2, 0) is 4.79 Å². The topological polar surface area (TPSA) is 104 Å². The Labute approximate surface area is 156 Å². The number of hydrogen-bond donors (Lipinski definition) is 2. The normalized spacial score (nSPS) is 23.4. The molecule has 1 aromatic heterocycles. The van der Waals surface area contributed by atoms with Crippen LogP contribution in [0.25, 0.3) is 11.0 Å². The van der Waals surface area contributed by atoms with E-state index >= 15 is 0 Å². The standard InChI is InChI=1S/C19H21N5O3/c1-2-19(17(26)22-18(27)23-19)12-6-10-24(11-7-12)16(25)13-4-3-5-14-15(13)21-9-8-20-14/h3-5,8-9,12H,2,6-7,10-11H2,1H3,(H2,22,23,26,27)/t19-/m0/s1. The molecule has 8 heteroatoms. The largest absolute Gasteiger partial charge is 0.339 e. The third-order valence-corrected chi connectivity index (χ3v) is 5.73. The number of rotatable bonds is 3. The minimum Gasteiger partial charge on any atom is -0.339 e. The van der Waals surface area contributed by atoms with Crippen molar-refractivity contribution in [2.75, 3.05) is 13.1 Å². The van der Waals surface area contributed by atoms with E-state index in [4.69, 9.17) is 0 Å². The van der Waals surface area contributed by atoms with Crippen LogP contribution in [0.1, 0.15) is 36.5 Å². The van der Waals surface area contributed by atoms with Gasteiger partial charge in [-0.2, -0.15) is 0 Å². The van der Waals surface area contributed by atoms with Crippen LogP contribution in [0.4, 0.5) is 4.79 Å². The van der Waals surface area contributed by atoms with Gasteiger partial charge in [0.2, 0.25) is 0 Å². The molecule has 2 saturated heterocycles. The molecule has 2 aliphatic heterocycles. The van der Waals surface area contributed by atoms with Crippen molar-refractivity contribution in [2.24, 2.45) is 5.92 Å². The molecule has 1 aromatic carbocycles. The molecule has 4 amide bonds. The second kappa shape index (κ2) is 6.61. The molecule has 2 aromatic rings. The molecular formula is C19H21N5O3. The number of urea groups is 1. The second-order valence-electron chi connectivity index (χ2n) is 7.03. The van der Waals surface area contributed by atoms with Crippen molar-refractivity contribution in [3.8, 4) is 0 Å². The molecule has 0 unspecified atom stereocenters. The second-order valence-corrected chi connectivity index (χ2v) is 7.03. The predicted octanol–water partition coefficient (Wildman–Crippen LogP) is 1.47. The van der Waals surface area contributed by atoms with E-state index in [-0.39, 0.29) is 17.7 Å². The van der Waals surface area contributed by atoms with Crippen molar-refractivity contribution in [1.82, 2.24) is 25.5 Å². The number of piperidine rings is 1. The van der Waals surface area contributed by atoms with E-state index in [1.54, 1.807) is 23.4 Å². The van der Waals surface area contributed by atoms with Crippen LogP contribution in [0.15, 0.2) is 30.6 Å². The van der Waals surface area contributed by atoms with Crippen molar-refractivity contribution in [3.05, 3.63) is 36.2 Å². The fourth-order valence-electron chi connectivity index (χ4n) is 4.24. The van der Waals surface area contributed by atoms with Gasteiger partial charge < -0.3 is 10.2 Å². The van der Waals surface area contributed by atoms with Gasteiger partial charge in [0.1, 0.15) is 11.1 Å². The molecule has 2 N–H and O–H groups in total. The lowest BCUT2D eigenvalue weighted by Crippen LogP contribution is -2.56. The van der Waals surface area contributed by atoms with E-state index in [1.807, 2.05) is 19.1 Å². The van der Waals surface area contributed by atoms with Gasteiger partial charge in [-0.25, -0.2) is 4.79 Å². The lowest BCUT2D eigenvalue weighted by Gasteiger charge is -2.40. The number of imide groups is 1. The van der Waals surface area contributed by atoms with Crippen LogP contribution in [0.3, 0.4) is 0 Å². The highest BCUT2D eigenvalue weighted by Crippen LogP contribution is 2.34. The van der Waals surface area contributed by atoms with Crippen LogP contribution >= 0.6 is 0 Å². The number of aromatic nitrogens is 2. The van der Waals surface area contributed by atoms with Gasteiger partial charge in [-0.15, -0.1) is 0 Å². The van der Waals surface area contributed by atoms with Gasteiger partial charge in [-0.1, -0.05) is 13.0 Å². The molecule has 0 radical (unpaired) electrons. The van der Waals surface area contributed by atoms with E-state index in [0.717, 1.165) is 0 Å². The predicted molar refractivity (Wildman–Crippen MR) is 97.9 cm³/mol. The Kier molecular flexibility index (Phi) is 4.25. The Bertz CT molecular complexity index is 917. The van der Waals surface area contributed by atoms with Gasteiger partial charge >= 0.3 is 6.03 Å². The first-order chi connectivity index (χ1) is 13.0. The van der Waals surface area contributed by atoms with Gasteiger partial charge in [-0.05, 0) is 37.3 Å². The molecule has 1 atom stereocenters. The summed E-state index contributed by atoms with van der Waals surface area (Å²) >= 11 is 0. The minimum absolute atomic E-state index is 0.00492. The number of carbonyl (C=O) groups excluding carboxylic acids is 3. The molecule has 0 bridgehead atoms. The van der Waals surface area contributed by atoms with E-state index in [9.17, 15) is 14.4 Å². The summed E-state index contributed by atoms with van der Waals surface area (Å²) in [5, 5.41) is 5.17. The highest BCUT2D eigenvalue weighted by molar-refractivity contribution is 6.07. The molecule has 2 aliphatic rings. The summed E-state index contributed by atoms with van der Waals surface area (Å²) in [6.07, 6.45) is 5.03. The van der Waals surface area contributed by atoms with Crippen molar-refractivity contribution in [1.29, 1.82) is 0 Å². The average molecular weight is 367 g/mol. The third kappa shape index (κ3) is 2.81. The van der Waals surface area contributed by atoms with Crippen molar-refractivity contribution < 1.29 is 14.4 Å². The summed E-state index contributed by atoms with van der Waals surface area (Å²) in [5.74, 6) is -0.334. The Morgan fingerprint density at radius 1 is 1.22 bits per heavy atom. The first-order valence-corrected chi connectivity index (χ1v) is 9.18. The smallest absolute Gasteiger partial charge is 0.322 e. The summed E-state index contributed by atoms with van der Waals surface area (Å²) in [7, 11) is 0. The van der Waals surface area contributed by atoms with Crippen molar-refractivity contribution in [3.63, 3.8) is 0 Å². The van der Waals surface area contributed by atoms with Crippen LogP contribution in [-0.4, -0.2) is 51.3 Å². The first kappa shape index (κ1) is 17.4. The molecular weight excluding hydrogens is 346 g/mol. The van der Waals surface area contributed by atoms with E-state index in [0.29, 0.717) is 48.9 Å². The van der Waals surface area contributed by atoms with Crippen molar-refractivity contribution in [2.45, 2.75) is 31.7 Å². The number of carbonyl (C=O) groups is 3.